The smallest absolute Gasteiger partial charge is 0.323 e. The van der Waals surface area contributed by atoms with Gasteiger partial charge < -0.3 is 25.8 Å². The second-order valence-electron chi connectivity index (χ2n) is 3.82. The number of ether oxygens (including phenoxy) is 1. The van der Waals surface area contributed by atoms with Crippen LogP contribution in [0.25, 0.3) is 0 Å². The Morgan fingerprint density at radius 1 is 1.40 bits per heavy atom. The van der Waals surface area contributed by atoms with E-state index in [0.29, 0.717) is 0 Å². The van der Waals surface area contributed by atoms with Crippen LogP contribution in [0.2, 0.25) is 0 Å². The average molecular weight is 221 g/mol. The maximum Gasteiger partial charge on any atom is 0.323 e. The van der Waals surface area contributed by atoms with Crippen molar-refractivity contribution in [2.24, 2.45) is 11.7 Å². The molecule has 0 radical (unpaired) electrons. The fraction of sp³-hybridized carbons (Fsp3) is 0.889. The summed E-state index contributed by atoms with van der Waals surface area (Å²) in [6.45, 7) is 3.60. The van der Waals surface area contributed by atoms with Crippen molar-refractivity contribution >= 4 is 5.97 Å². The van der Waals surface area contributed by atoms with Crippen molar-refractivity contribution < 1.29 is 24.9 Å². The van der Waals surface area contributed by atoms with E-state index in [-0.39, 0.29) is 25.4 Å². The van der Waals surface area contributed by atoms with Crippen molar-refractivity contribution in [3.63, 3.8) is 0 Å². The molecule has 0 saturated heterocycles. The molecular weight excluding hydrogens is 202 g/mol. The molecule has 0 aromatic heterocycles. The van der Waals surface area contributed by atoms with Gasteiger partial charge in [0.25, 0.3) is 5.97 Å². The molecule has 1 atom stereocenters. The molecule has 0 aliphatic rings. The van der Waals surface area contributed by atoms with Gasteiger partial charge in [0.1, 0.15) is 6.04 Å². The number of carbonyl (C=O) groups excluding carboxylic acids is 1. The first-order valence-corrected chi connectivity index (χ1v) is 4.83. The Balaban J connectivity index is 3.65. The van der Waals surface area contributed by atoms with Crippen LogP contribution < -0.4 is 5.73 Å². The monoisotopic (exact) mass is 221 g/mol. The van der Waals surface area contributed by atoms with E-state index in [0.717, 1.165) is 0 Å². The lowest BCUT2D eigenvalue weighted by Crippen LogP contribution is -2.37. The minimum absolute atomic E-state index is 0.00266. The largest absolute Gasteiger partial charge is 0.465 e. The summed E-state index contributed by atoms with van der Waals surface area (Å²) < 4.78 is 4.76. The van der Waals surface area contributed by atoms with E-state index in [1.54, 1.807) is 13.8 Å². The van der Waals surface area contributed by atoms with Gasteiger partial charge in [-0.05, 0) is 12.3 Å². The van der Waals surface area contributed by atoms with E-state index >= 15 is 0 Å². The summed E-state index contributed by atoms with van der Waals surface area (Å²) >= 11 is 0. The fourth-order valence-electron chi connectivity index (χ4n) is 0.850. The summed E-state index contributed by atoms with van der Waals surface area (Å²) in [5.74, 6) is -3.23. The van der Waals surface area contributed by atoms with Gasteiger partial charge in [0, 0.05) is 6.42 Å². The summed E-state index contributed by atoms with van der Waals surface area (Å²) in [5, 5.41) is 25.6. The third kappa shape index (κ3) is 7.26. The first-order chi connectivity index (χ1) is 6.74. The summed E-state index contributed by atoms with van der Waals surface area (Å²) in [5.41, 5.74) is 5.51. The Morgan fingerprint density at radius 2 is 1.93 bits per heavy atom. The lowest BCUT2D eigenvalue weighted by molar-refractivity contribution is -0.315. The van der Waals surface area contributed by atoms with Crippen LogP contribution in [0.5, 0.6) is 0 Å². The molecule has 0 unspecified atom stereocenters. The van der Waals surface area contributed by atoms with Crippen LogP contribution in [0.1, 0.15) is 26.7 Å². The molecule has 90 valence electrons. The zero-order valence-corrected chi connectivity index (χ0v) is 9.01. The number of nitrogens with two attached hydrogens (primary N) is 1. The van der Waals surface area contributed by atoms with E-state index < -0.39 is 18.0 Å². The molecule has 5 N–H and O–H groups in total. The lowest BCUT2D eigenvalue weighted by Gasteiger charge is -2.16. The van der Waals surface area contributed by atoms with Crippen LogP contribution in [0.15, 0.2) is 0 Å². The van der Waals surface area contributed by atoms with Gasteiger partial charge in [0.2, 0.25) is 0 Å². The molecule has 0 aliphatic carbocycles. The van der Waals surface area contributed by atoms with E-state index in [2.05, 4.69) is 0 Å². The molecule has 0 rings (SSSR count). The number of hydrogen-bond acceptors (Lipinski definition) is 6. The molecule has 0 spiro atoms. The first kappa shape index (κ1) is 14.3. The molecule has 0 amide bonds. The van der Waals surface area contributed by atoms with Gasteiger partial charge in [0.15, 0.2) is 0 Å². The van der Waals surface area contributed by atoms with Gasteiger partial charge in [-0.1, -0.05) is 13.8 Å². The predicted molar refractivity (Wildman–Crippen MR) is 52.4 cm³/mol. The highest BCUT2D eigenvalue weighted by Crippen LogP contribution is 2.05. The quantitative estimate of drug-likeness (QED) is 0.258. The Kier molecular flexibility index (Phi) is 5.74. The van der Waals surface area contributed by atoms with E-state index in [1.807, 2.05) is 0 Å². The maximum absolute atomic E-state index is 11.2. The highest BCUT2D eigenvalue weighted by atomic mass is 16.7. The molecular formula is C9H19NO5. The minimum atomic E-state index is -2.70. The molecule has 0 aromatic rings. The van der Waals surface area contributed by atoms with Crippen molar-refractivity contribution in [3.8, 4) is 0 Å². The fourth-order valence-corrected chi connectivity index (χ4v) is 0.850. The minimum Gasteiger partial charge on any atom is -0.465 e. The standard InChI is InChI=1S/C9H19NO5/c1-6(2)7(10)8(11)15-5-3-4-9(12,13)14/h6-7,12-14H,3-5,10H2,1-2H3/t7-/m0/s1. The zero-order valence-electron chi connectivity index (χ0n) is 9.01. The Labute approximate surface area is 88.7 Å². The molecule has 6 heteroatoms. The Morgan fingerprint density at radius 3 is 2.33 bits per heavy atom. The summed E-state index contributed by atoms with van der Waals surface area (Å²) in [6.07, 6.45) is -0.128. The third-order valence-electron chi connectivity index (χ3n) is 1.89. The summed E-state index contributed by atoms with van der Waals surface area (Å²) in [4.78, 5) is 11.2. The van der Waals surface area contributed by atoms with Crippen molar-refractivity contribution in [2.75, 3.05) is 6.61 Å². The van der Waals surface area contributed by atoms with E-state index in [4.69, 9.17) is 25.8 Å². The van der Waals surface area contributed by atoms with Crippen molar-refractivity contribution in [1.82, 2.24) is 0 Å². The highest BCUT2D eigenvalue weighted by molar-refractivity contribution is 5.75. The number of esters is 1. The van der Waals surface area contributed by atoms with E-state index in [1.165, 1.54) is 0 Å². The second-order valence-corrected chi connectivity index (χ2v) is 3.82. The molecule has 15 heavy (non-hydrogen) atoms. The molecule has 0 saturated carbocycles. The number of rotatable bonds is 6. The zero-order chi connectivity index (χ0) is 12.1. The molecule has 0 bridgehead atoms. The van der Waals surface area contributed by atoms with Gasteiger partial charge in [-0.15, -0.1) is 0 Å². The van der Waals surface area contributed by atoms with Crippen molar-refractivity contribution in [3.05, 3.63) is 0 Å². The molecule has 0 fully saturated rings. The Hall–Kier alpha value is -0.690. The van der Waals surface area contributed by atoms with Crippen LogP contribution in [-0.2, 0) is 9.53 Å². The lowest BCUT2D eigenvalue weighted by atomic mass is 10.1. The SMILES string of the molecule is CC(C)[C@H](N)C(=O)OCCCC(O)(O)O. The van der Waals surface area contributed by atoms with Crippen LogP contribution in [0, 0.1) is 5.92 Å². The number of carbonyl (C=O) groups is 1. The van der Waals surface area contributed by atoms with Crippen LogP contribution >= 0.6 is 0 Å². The summed E-state index contributed by atoms with van der Waals surface area (Å²) in [7, 11) is 0. The van der Waals surface area contributed by atoms with Gasteiger partial charge >= 0.3 is 5.97 Å². The van der Waals surface area contributed by atoms with Gasteiger partial charge in [-0.2, -0.15) is 0 Å². The molecule has 0 heterocycles. The normalized spacial score (nSPS) is 14.1. The summed E-state index contributed by atoms with van der Waals surface area (Å²) in [6, 6.07) is -0.674. The van der Waals surface area contributed by atoms with Crippen molar-refractivity contribution in [2.45, 2.75) is 38.7 Å². The number of hydrogen-bond donors (Lipinski definition) is 4. The molecule has 0 aromatic carbocycles. The predicted octanol–water partition coefficient (Wildman–Crippen LogP) is -1.08. The highest BCUT2D eigenvalue weighted by Gasteiger charge is 2.20. The van der Waals surface area contributed by atoms with Gasteiger partial charge in [-0.25, -0.2) is 0 Å². The molecule has 0 aliphatic heterocycles. The topological polar surface area (TPSA) is 113 Å². The molecule has 6 nitrogen and oxygen atoms in total. The maximum atomic E-state index is 11.2. The third-order valence-corrected chi connectivity index (χ3v) is 1.89. The van der Waals surface area contributed by atoms with E-state index in [9.17, 15) is 4.79 Å². The van der Waals surface area contributed by atoms with Crippen molar-refractivity contribution in [1.29, 1.82) is 0 Å². The van der Waals surface area contributed by atoms with Gasteiger partial charge in [0.05, 0.1) is 6.61 Å². The van der Waals surface area contributed by atoms with Crippen LogP contribution in [0.3, 0.4) is 0 Å². The average Bonchev–Trinajstić information content (AvgIpc) is 2.09. The first-order valence-electron chi connectivity index (χ1n) is 4.83. The van der Waals surface area contributed by atoms with Crippen LogP contribution in [0.4, 0.5) is 0 Å². The second kappa shape index (κ2) is 6.02. The Bertz CT molecular complexity index is 199. The number of aliphatic hydroxyl groups is 3. The van der Waals surface area contributed by atoms with Crippen LogP contribution in [-0.4, -0.2) is 39.9 Å². The van der Waals surface area contributed by atoms with Gasteiger partial charge in [-0.3, -0.25) is 4.79 Å².